The molecule has 3 saturated carbocycles. The van der Waals surface area contributed by atoms with Crippen LogP contribution in [-0.4, -0.2) is 45.0 Å². The van der Waals surface area contributed by atoms with Gasteiger partial charge in [0.15, 0.2) is 11.6 Å². The Morgan fingerprint density at radius 2 is 1.96 bits per heavy atom. The number of carbonyl (C=O) groups is 2. The number of Topliss-reactive ketones (excluding diaryl/α,β-unsaturated/α-hetero) is 1. The van der Waals surface area contributed by atoms with Gasteiger partial charge < -0.3 is 10.2 Å². The molecule has 150 valence electrons. The summed E-state index contributed by atoms with van der Waals surface area (Å²) < 4.78 is 16.8. The highest BCUT2D eigenvalue weighted by molar-refractivity contribution is 6.29. The van der Waals surface area contributed by atoms with Crippen molar-refractivity contribution in [3.05, 3.63) is 11.6 Å². The number of aliphatic hydroxyl groups excluding tert-OH is 1. The largest absolute Gasteiger partial charge is 0.390 e. The third kappa shape index (κ3) is 2.17. The average molecular weight is 399 g/mol. The van der Waals surface area contributed by atoms with Crippen molar-refractivity contribution >= 4 is 23.2 Å². The van der Waals surface area contributed by atoms with E-state index in [0.29, 0.717) is 32.1 Å². The lowest BCUT2D eigenvalue weighted by Crippen LogP contribution is -2.69. The molecule has 6 heteroatoms. The van der Waals surface area contributed by atoms with E-state index in [1.54, 1.807) is 6.08 Å². The van der Waals surface area contributed by atoms with Gasteiger partial charge in [-0.25, -0.2) is 4.39 Å². The molecule has 0 aromatic rings. The van der Waals surface area contributed by atoms with Gasteiger partial charge in [-0.2, -0.15) is 0 Å². The van der Waals surface area contributed by atoms with Gasteiger partial charge in [0.1, 0.15) is 11.3 Å². The monoisotopic (exact) mass is 398 g/mol. The van der Waals surface area contributed by atoms with E-state index < -0.39 is 39.9 Å². The lowest BCUT2D eigenvalue weighted by atomic mass is 9.44. The second kappa shape index (κ2) is 5.87. The number of allylic oxidation sites excluding steroid dienone is 1. The van der Waals surface area contributed by atoms with Crippen LogP contribution in [0.25, 0.3) is 0 Å². The van der Waals surface area contributed by atoms with Crippen LogP contribution in [0.15, 0.2) is 11.6 Å². The molecule has 0 aromatic heterocycles. The molecule has 0 aliphatic heterocycles. The molecular formula is C21H28ClFO4. The van der Waals surface area contributed by atoms with Crippen molar-refractivity contribution in [2.24, 2.45) is 22.7 Å². The number of carbonyl (C=O) groups excluding carboxylic acids is 2. The van der Waals surface area contributed by atoms with E-state index in [0.717, 1.165) is 5.57 Å². The third-order valence-corrected chi connectivity index (χ3v) is 9.02. The summed E-state index contributed by atoms with van der Waals surface area (Å²) >= 11 is 5.76. The minimum absolute atomic E-state index is 0.0284. The van der Waals surface area contributed by atoms with E-state index in [4.69, 9.17) is 11.6 Å². The number of ketones is 2. The molecule has 4 nitrogen and oxygen atoms in total. The molecule has 27 heavy (non-hydrogen) atoms. The molecule has 4 aliphatic rings. The molecule has 0 heterocycles. The van der Waals surface area contributed by atoms with Gasteiger partial charge in [-0.1, -0.05) is 19.4 Å². The average Bonchev–Trinajstić information content (AvgIpc) is 2.88. The molecule has 0 amide bonds. The molecule has 3 fully saturated rings. The SMILES string of the molecule is C[C@]12CCC(=O)C=C1CC[C@H]1[C@@H]3CC[C@](O)(C(=O)CCl)[C@@]3(C)C[C@H](O)[C@@]12F. The topological polar surface area (TPSA) is 74.6 Å². The van der Waals surface area contributed by atoms with Crippen LogP contribution < -0.4 is 0 Å². The summed E-state index contributed by atoms with van der Waals surface area (Å²) in [6.45, 7) is 3.66. The summed E-state index contributed by atoms with van der Waals surface area (Å²) in [6, 6.07) is 0. The Balaban J connectivity index is 1.80. The lowest BCUT2D eigenvalue weighted by molar-refractivity contribution is -0.225. The van der Waals surface area contributed by atoms with Gasteiger partial charge in [-0.3, -0.25) is 9.59 Å². The van der Waals surface area contributed by atoms with Crippen LogP contribution in [0.3, 0.4) is 0 Å². The van der Waals surface area contributed by atoms with Gasteiger partial charge in [0, 0.05) is 23.2 Å². The van der Waals surface area contributed by atoms with Crippen LogP contribution >= 0.6 is 11.6 Å². The smallest absolute Gasteiger partial charge is 0.179 e. The predicted molar refractivity (Wildman–Crippen MR) is 99.1 cm³/mol. The molecule has 0 bridgehead atoms. The fraction of sp³-hybridized carbons (Fsp3) is 0.810. The first-order chi connectivity index (χ1) is 12.5. The molecule has 0 spiro atoms. The maximum atomic E-state index is 16.8. The van der Waals surface area contributed by atoms with Gasteiger partial charge >= 0.3 is 0 Å². The number of rotatable bonds is 2. The quantitative estimate of drug-likeness (QED) is 0.701. The summed E-state index contributed by atoms with van der Waals surface area (Å²) in [5.41, 5.74) is -4.41. The summed E-state index contributed by atoms with van der Waals surface area (Å²) in [4.78, 5) is 24.4. The van der Waals surface area contributed by atoms with Crippen LogP contribution in [-0.2, 0) is 9.59 Å². The third-order valence-electron chi connectivity index (χ3n) is 8.78. The number of halogens is 2. The Morgan fingerprint density at radius 1 is 1.26 bits per heavy atom. The summed E-state index contributed by atoms with van der Waals surface area (Å²) in [7, 11) is 0. The van der Waals surface area contributed by atoms with E-state index in [2.05, 4.69) is 0 Å². The Labute approximate surface area is 164 Å². The number of alkyl halides is 2. The zero-order valence-electron chi connectivity index (χ0n) is 15.9. The highest BCUT2D eigenvalue weighted by atomic mass is 35.5. The van der Waals surface area contributed by atoms with Gasteiger partial charge in [0.05, 0.1) is 12.0 Å². The minimum Gasteiger partial charge on any atom is -0.390 e. The van der Waals surface area contributed by atoms with E-state index in [9.17, 15) is 19.8 Å². The van der Waals surface area contributed by atoms with Crippen molar-refractivity contribution in [2.75, 3.05) is 5.88 Å². The standard InChI is InChI=1S/C21H28ClFO4/c1-18-7-5-13(24)9-12(18)3-4-15-14-6-8-20(27,17(26)11-22)19(14,2)10-16(25)21(15,18)23/h9,14-16,25,27H,3-8,10-11H2,1-2H3/t14-,15-,16-,18-,19-,20-,21-/m0/s1. The lowest BCUT2D eigenvalue weighted by Gasteiger charge is -2.63. The van der Waals surface area contributed by atoms with Gasteiger partial charge in [-0.15, -0.1) is 11.6 Å². The predicted octanol–water partition coefficient (Wildman–Crippen LogP) is 3.12. The molecule has 4 aliphatic carbocycles. The van der Waals surface area contributed by atoms with Gasteiger partial charge in [0.25, 0.3) is 0 Å². The summed E-state index contributed by atoms with van der Waals surface area (Å²) in [5, 5.41) is 22.3. The fourth-order valence-corrected chi connectivity index (χ4v) is 7.36. The van der Waals surface area contributed by atoms with Crippen LogP contribution in [0, 0.1) is 22.7 Å². The van der Waals surface area contributed by atoms with E-state index in [1.165, 1.54) is 0 Å². The van der Waals surface area contributed by atoms with Crippen LogP contribution in [0.5, 0.6) is 0 Å². The number of hydrogen-bond acceptors (Lipinski definition) is 4. The number of fused-ring (bicyclic) bond motifs is 5. The first-order valence-corrected chi connectivity index (χ1v) is 10.5. The molecule has 4 rings (SSSR count). The van der Waals surface area contributed by atoms with Crippen molar-refractivity contribution in [1.82, 2.24) is 0 Å². The van der Waals surface area contributed by atoms with Crippen molar-refractivity contribution in [1.29, 1.82) is 0 Å². The van der Waals surface area contributed by atoms with Crippen molar-refractivity contribution in [3.8, 4) is 0 Å². The molecule has 0 saturated heterocycles. The maximum Gasteiger partial charge on any atom is 0.179 e. The molecular weight excluding hydrogens is 371 g/mol. The number of hydrogen-bond donors (Lipinski definition) is 2. The molecule has 0 unspecified atom stereocenters. The Morgan fingerprint density at radius 3 is 2.63 bits per heavy atom. The zero-order valence-corrected chi connectivity index (χ0v) is 16.7. The van der Waals surface area contributed by atoms with Gasteiger partial charge in [-0.05, 0) is 50.5 Å². The summed E-state index contributed by atoms with van der Waals surface area (Å²) in [5.74, 6) is -1.33. The van der Waals surface area contributed by atoms with Gasteiger partial charge in [0.2, 0.25) is 0 Å². The van der Waals surface area contributed by atoms with E-state index in [-0.39, 0.29) is 30.4 Å². The summed E-state index contributed by atoms with van der Waals surface area (Å²) in [6.07, 6.45) is 2.97. The second-order valence-electron chi connectivity index (χ2n) is 9.58. The second-order valence-corrected chi connectivity index (χ2v) is 9.85. The fourth-order valence-electron chi connectivity index (χ4n) is 7.14. The first-order valence-electron chi connectivity index (χ1n) is 9.97. The molecule has 0 aromatic carbocycles. The van der Waals surface area contributed by atoms with Crippen LogP contribution in [0.1, 0.15) is 58.8 Å². The van der Waals surface area contributed by atoms with Crippen molar-refractivity contribution in [2.45, 2.75) is 76.2 Å². The first kappa shape index (κ1) is 19.5. The Bertz CT molecular complexity index is 738. The van der Waals surface area contributed by atoms with Crippen molar-refractivity contribution < 1.29 is 24.2 Å². The highest BCUT2D eigenvalue weighted by Crippen LogP contribution is 2.70. The molecule has 0 radical (unpaired) electrons. The van der Waals surface area contributed by atoms with Crippen molar-refractivity contribution in [3.63, 3.8) is 0 Å². The maximum absolute atomic E-state index is 16.8. The van der Waals surface area contributed by atoms with E-state index >= 15 is 4.39 Å². The normalized spacial score (nSPS) is 51.9. The number of aliphatic hydroxyl groups is 2. The minimum atomic E-state index is -1.85. The molecule has 2 N–H and O–H groups in total. The van der Waals surface area contributed by atoms with Crippen LogP contribution in [0.2, 0.25) is 0 Å². The molecule has 7 atom stereocenters. The Hall–Kier alpha value is -0.780. The zero-order chi connectivity index (χ0) is 19.8. The highest BCUT2D eigenvalue weighted by Gasteiger charge is 2.74. The van der Waals surface area contributed by atoms with Crippen LogP contribution in [0.4, 0.5) is 4.39 Å². The van der Waals surface area contributed by atoms with E-state index in [1.807, 2.05) is 13.8 Å². The Kier molecular flexibility index (Phi) is 4.24.